The molecule has 7 heteroatoms. The second-order valence-corrected chi connectivity index (χ2v) is 5.12. The van der Waals surface area contributed by atoms with Gasteiger partial charge in [-0.1, -0.05) is 30.3 Å². The van der Waals surface area contributed by atoms with E-state index in [0.29, 0.717) is 10.9 Å². The van der Waals surface area contributed by atoms with E-state index in [-0.39, 0.29) is 5.75 Å². The van der Waals surface area contributed by atoms with E-state index in [4.69, 9.17) is 14.9 Å². The predicted octanol–water partition coefficient (Wildman–Crippen LogP) is 2.41. The van der Waals surface area contributed by atoms with Crippen LogP contribution in [0.5, 0.6) is 5.75 Å². The number of benzene rings is 2. The standard InChI is InChI=1S/C13H11O6P/c14-13(15)8-6-11-10-4-2-1-3-9(10)5-7-12(11)19-20(16,17)18/h1-8H,(H,14,15)(H2,16,17,18). The lowest BCUT2D eigenvalue weighted by Gasteiger charge is -2.12. The highest BCUT2D eigenvalue weighted by molar-refractivity contribution is 7.46. The van der Waals surface area contributed by atoms with E-state index in [1.54, 1.807) is 30.3 Å². The molecule has 0 aromatic heterocycles. The van der Waals surface area contributed by atoms with Crippen LogP contribution < -0.4 is 4.52 Å². The van der Waals surface area contributed by atoms with E-state index >= 15 is 0 Å². The molecular weight excluding hydrogens is 283 g/mol. The van der Waals surface area contributed by atoms with Gasteiger partial charge < -0.3 is 9.63 Å². The first-order valence-corrected chi connectivity index (χ1v) is 7.08. The third-order valence-corrected chi connectivity index (χ3v) is 2.98. The fraction of sp³-hybridized carbons (Fsp3) is 0. The molecule has 0 spiro atoms. The van der Waals surface area contributed by atoms with E-state index in [0.717, 1.165) is 11.5 Å². The lowest BCUT2D eigenvalue weighted by atomic mass is 10.0. The highest BCUT2D eigenvalue weighted by Gasteiger charge is 2.18. The molecule has 2 rings (SSSR count). The number of fused-ring (bicyclic) bond motifs is 1. The maximum absolute atomic E-state index is 11.0. The average Bonchev–Trinajstić information content (AvgIpc) is 2.35. The number of carboxylic acid groups (broad SMARTS) is 1. The Morgan fingerprint density at radius 3 is 2.50 bits per heavy atom. The highest BCUT2D eigenvalue weighted by atomic mass is 31.2. The summed E-state index contributed by atoms with van der Waals surface area (Å²) in [6, 6.07) is 10.1. The van der Waals surface area contributed by atoms with Crippen LogP contribution in [-0.4, -0.2) is 20.9 Å². The topological polar surface area (TPSA) is 104 Å². The first kappa shape index (κ1) is 14.3. The molecule has 104 valence electrons. The van der Waals surface area contributed by atoms with Gasteiger partial charge in [0.1, 0.15) is 5.75 Å². The summed E-state index contributed by atoms with van der Waals surface area (Å²) < 4.78 is 15.6. The molecule has 3 N–H and O–H groups in total. The number of rotatable bonds is 4. The number of phosphoric ester groups is 1. The Kier molecular flexibility index (Phi) is 3.90. The van der Waals surface area contributed by atoms with E-state index in [1.807, 2.05) is 0 Å². The highest BCUT2D eigenvalue weighted by Crippen LogP contribution is 2.41. The minimum atomic E-state index is -4.72. The number of carboxylic acids is 1. The van der Waals surface area contributed by atoms with Crippen molar-refractivity contribution >= 4 is 30.6 Å². The molecule has 0 aliphatic carbocycles. The van der Waals surface area contributed by atoms with Crippen LogP contribution in [0.2, 0.25) is 0 Å². The molecule has 0 saturated heterocycles. The Hall–Kier alpha value is -2.14. The molecule has 0 aliphatic rings. The summed E-state index contributed by atoms with van der Waals surface area (Å²) in [7, 11) is -4.72. The Morgan fingerprint density at radius 2 is 1.85 bits per heavy atom. The van der Waals surface area contributed by atoms with Gasteiger partial charge in [-0.25, -0.2) is 9.36 Å². The van der Waals surface area contributed by atoms with Gasteiger partial charge in [0.05, 0.1) is 0 Å². The predicted molar refractivity (Wildman–Crippen MR) is 73.3 cm³/mol. The zero-order valence-corrected chi connectivity index (χ0v) is 11.0. The molecule has 0 bridgehead atoms. The van der Waals surface area contributed by atoms with Crippen LogP contribution in [0.3, 0.4) is 0 Å². The summed E-state index contributed by atoms with van der Waals surface area (Å²) in [4.78, 5) is 28.4. The fourth-order valence-corrected chi connectivity index (χ4v) is 2.23. The molecule has 0 saturated carbocycles. The van der Waals surface area contributed by atoms with Crippen LogP contribution in [0.4, 0.5) is 0 Å². The molecule has 0 unspecified atom stereocenters. The van der Waals surface area contributed by atoms with Crippen molar-refractivity contribution in [1.29, 1.82) is 0 Å². The van der Waals surface area contributed by atoms with Crippen LogP contribution in [0, 0.1) is 0 Å². The second-order valence-electron chi connectivity index (χ2n) is 3.95. The SMILES string of the molecule is O=C(O)C=Cc1c(OP(=O)(O)O)ccc2ccccc12. The smallest absolute Gasteiger partial charge is 0.478 e. The van der Waals surface area contributed by atoms with Crippen molar-refractivity contribution in [2.45, 2.75) is 0 Å². The molecule has 2 aromatic rings. The Bertz CT molecular complexity index is 731. The molecule has 0 fully saturated rings. The molecule has 0 radical (unpaired) electrons. The number of aliphatic carboxylic acids is 1. The van der Waals surface area contributed by atoms with Crippen LogP contribution >= 0.6 is 7.82 Å². The third-order valence-electron chi connectivity index (χ3n) is 2.54. The Labute approximate surface area is 114 Å². The van der Waals surface area contributed by atoms with Crippen LogP contribution in [-0.2, 0) is 9.36 Å². The summed E-state index contributed by atoms with van der Waals surface area (Å²) in [6.07, 6.45) is 2.13. The normalized spacial score (nSPS) is 11.9. The van der Waals surface area contributed by atoms with Gasteiger partial charge in [0.2, 0.25) is 0 Å². The molecule has 0 amide bonds. The largest absolute Gasteiger partial charge is 0.524 e. The van der Waals surface area contributed by atoms with Crippen molar-refractivity contribution in [2.24, 2.45) is 0 Å². The summed E-state index contributed by atoms with van der Waals surface area (Å²) in [5.74, 6) is -1.24. The van der Waals surface area contributed by atoms with Crippen LogP contribution in [0.1, 0.15) is 5.56 Å². The van der Waals surface area contributed by atoms with Gasteiger partial charge >= 0.3 is 13.8 Å². The van der Waals surface area contributed by atoms with Crippen LogP contribution in [0.15, 0.2) is 42.5 Å². The van der Waals surface area contributed by atoms with E-state index in [2.05, 4.69) is 4.52 Å². The Morgan fingerprint density at radius 1 is 1.15 bits per heavy atom. The molecule has 0 heterocycles. The monoisotopic (exact) mass is 294 g/mol. The minimum Gasteiger partial charge on any atom is -0.478 e. The zero-order chi connectivity index (χ0) is 14.8. The fourth-order valence-electron chi connectivity index (χ4n) is 1.81. The summed E-state index contributed by atoms with van der Waals surface area (Å²) in [6.45, 7) is 0. The van der Waals surface area contributed by atoms with Gasteiger partial charge in [-0.15, -0.1) is 0 Å². The van der Waals surface area contributed by atoms with E-state index < -0.39 is 13.8 Å². The van der Waals surface area contributed by atoms with Crippen molar-refractivity contribution < 1.29 is 28.8 Å². The molecule has 0 atom stereocenters. The third kappa shape index (κ3) is 3.45. The molecular formula is C13H11O6P. The van der Waals surface area contributed by atoms with Crippen LogP contribution in [0.25, 0.3) is 16.8 Å². The van der Waals surface area contributed by atoms with Gasteiger partial charge in [-0.05, 0) is 22.9 Å². The average molecular weight is 294 g/mol. The van der Waals surface area contributed by atoms with Gasteiger partial charge in [-0.2, -0.15) is 0 Å². The van der Waals surface area contributed by atoms with Crippen molar-refractivity contribution in [1.82, 2.24) is 0 Å². The molecule has 0 aliphatic heterocycles. The summed E-state index contributed by atoms with van der Waals surface area (Å²) >= 11 is 0. The second kappa shape index (κ2) is 5.46. The summed E-state index contributed by atoms with van der Waals surface area (Å²) in [5.41, 5.74) is 0.300. The maximum Gasteiger partial charge on any atom is 0.524 e. The lowest BCUT2D eigenvalue weighted by molar-refractivity contribution is -0.131. The van der Waals surface area contributed by atoms with Gasteiger partial charge in [0.15, 0.2) is 0 Å². The minimum absolute atomic E-state index is 0.0745. The quantitative estimate of drug-likeness (QED) is 0.591. The zero-order valence-electron chi connectivity index (χ0n) is 10.1. The first-order valence-electron chi connectivity index (χ1n) is 5.55. The van der Waals surface area contributed by atoms with Crippen molar-refractivity contribution in [3.8, 4) is 5.75 Å². The Balaban J connectivity index is 2.64. The molecule has 20 heavy (non-hydrogen) atoms. The summed E-state index contributed by atoms with van der Waals surface area (Å²) in [5, 5.41) is 10.1. The molecule has 6 nitrogen and oxygen atoms in total. The van der Waals surface area contributed by atoms with Crippen molar-refractivity contribution in [3.63, 3.8) is 0 Å². The lowest BCUT2D eigenvalue weighted by Crippen LogP contribution is -1.94. The number of hydrogen-bond donors (Lipinski definition) is 3. The van der Waals surface area contributed by atoms with Crippen molar-refractivity contribution in [2.75, 3.05) is 0 Å². The van der Waals surface area contributed by atoms with E-state index in [1.165, 1.54) is 12.1 Å². The molecule has 2 aromatic carbocycles. The number of carbonyl (C=O) groups is 1. The van der Waals surface area contributed by atoms with E-state index in [9.17, 15) is 9.36 Å². The van der Waals surface area contributed by atoms with Gasteiger partial charge in [-0.3, -0.25) is 9.79 Å². The first-order chi connectivity index (χ1) is 9.37. The van der Waals surface area contributed by atoms with Gasteiger partial charge in [0.25, 0.3) is 0 Å². The van der Waals surface area contributed by atoms with Gasteiger partial charge in [0, 0.05) is 11.6 Å². The number of hydrogen-bond acceptors (Lipinski definition) is 3. The number of phosphoric acid groups is 1. The maximum atomic E-state index is 11.0. The van der Waals surface area contributed by atoms with Crippen molar-refractivity contribution in [3.05, 3.63) is 48.0 Å².